The van der Waals surface area contributed by atoms with Crippen molar-refractivity contribution >= 4 is 29.1 Å². The van der Waals surface area contributed by atoms with Gasteiger partial charge in [-0.25, -0.2) is 0 Å². The monoisotopic (exact) mass is 466 g/mol. The van der Waals surface area contributed by atoms with E-state index in [2.05, 4.69) is 10.6 Å². The molecule has 0 aromatic heterocycles. The third kappa shape index (κ3) is 5.38. The molecule has 8 heteroatoms. The Kier molecular flexibility index (Phi) is 6.42. The molecule has 0 radical (unpaired) electrons. The van der Waals surface area contributed by atoms with Crippen LogP contribution in [-0.4, -0.2) is 24.2 Å². The third-order valence-corrected chi connectivity index (χ3v) is 5.30. The van der Waals surface area contributed by atoms with E-state index in [0.29, 0.717) is 40.1 Å². The normalized spacial score (nSPS) is 12.2. The van der Waals surface area contributed by atoms with Gasteiger partial charge in [-0.3, -0.25) is 9.59 Å². The summed E-state index contributed by atoms with van der Waals surface area (Å²) in [4.78, 5) is 25.8. The van der Waals surface area contributed by atoms with Crippen molar-refractivity contribution in [2.45, 2.75) is 26.0 Å². The zero-order valence-electron chi connectivity index (χ0n) is 18.2. The fraction of sp³-hybridized carbons (Fsp3) is 0.200. The smallest absolute Gasteiger partial charge is 0.267 e. The molecule has 2 N–H and O–H groups in total. The van der Waals surface area contributed by atoms with E-state index in [4.69, 9.17) is 25.8 Å². The van der Waals surface area contributed by atoms with Crippen molar-refractivity contribution < 1.29 is 23.8 Å². The molecule has 33 heavy (non-hydrogen) atoms. The molecule has 0 saturated carbocycles. The van der Waals surface area contributed by atoms with E-state index in [1.165, 1.54) is 0 Å². The highest BCUT2D eigenvalue weighted by molar-refractivity contribution is 6.30. The summed E-state index contributed by atoms with van der Waals surface area (Å²) >= 11 is 5.90. The van der Waals surface area contributed by atoms with E-state index < -0.39 is 11.5 Å². The van der Waals surface area contributed by atoms with Crippen LogP contribution in [0.1, 0.15) is 29.8 Å². The number of carbonyl (C=O) groups is 2. The molecule has 0 aliphatic carbocycles. The van der Waals surface area contributed by atoms with Gasteiger partial charge in [0.2, 0.25) is 6.79 Å². The SMILES string of the molecule is CC(C)(Oc1ccc(Cl)cc1)C(=O)Nc1ccccc1C(=O)NCc1ccc2c(c1)OCO2. The van der Waals surface area contributed by atoms with E-state index in [1.54, 1.807) is 68.4 Å². The zero-order chi connectivity index (χ0) is 23.4. The van der Waals surface area contributed by atoms with Crippen LogP contribution in [0.25, 0.3) is 0 Å². The van der Waals surface area contributed by atoms with E-state index in [1.807, 2.05) is 12.1 Å². The van der Waals surface area contributed by atoms with Gasteiger partial charge in [-0.2, -0.15) is 0 Å². The molecule has 0 fully saturated rings. The minimum absolute atomic E-state index is 0.191. The average Bonchev–Trinajstić information content (AvgIpc) is 3.27. The maximum absolute atomic E-state index is 12.9. The fourth-order valence-corrected chi connectivity index (χ4v) is 3.36. The van der Waals surface area contributed by atoms with Crippen molar-refractivity contribution in [2.75, 3.05) is 12.1 Å². The Labute approximate surface area is 196 Å². The quantitative estimate of drug-likeness (QED) is 0.522. The Bertz CT molecular complexity index is 1180. The van der Waals surface area contributed by atoms with Gasteiger partial charge in [0.15, 0.2) is 17.1 Å². The summed E-state index contributed by atoms with van der Waals surface area (Å²) in [5.74, 6) is 1.13. The summed E-state index contributed by atoms with van der Waals surface area (Å²) in [7, 11) is 0. The lowest BCUT2D eigenvalue weighted by atomic mass is 10.1. The molecule has 7 nitrogen and oxygen atoms in total. The summed E-state index contributed by atoms with van der Waals surface area (Å²) in [6.45, 7) is 3.79. The fourth-order valence-electron chi connectivity index (χ4n) is 3.24. The number of hydrogen-bond acceptors (Lipinski definition) is 5. The molecule has 0 atom stereocenters. The Balaban J connectivity index is 1.42. The first-order valence-electron chi connectivity index (χ1n) is 10.3. The Morgan fingerprint density at radius 2 is 1.73 bits per heavy atom. The summed E-state index contributed by atoms with van der Waals surface area (Å²) in [6.07, 6.45) is 0. The standard InChI is InChI=1S/C25H23ClN2O5/c1-25(2,33-18-10-8-17(26)9-11-18)24(30)28-20-6-4-3-5-19(20)23(29)27-14-16-7-12-21-22(13-16)32-15-31-21/h3-13H,14-15H2,1-2H3,(H,27,29)(H,28,30). The topological polar surface area (TPSA) is 85.9 Å². The number of fused-ring (bicyclic) bond motifs is 1. The van der Waals surface area contributed by atoms with E-state index in [9.17, 15) is 9.59 Å². The Hall–Kier alpha value is -3.71. The highest BCUT2D eigenvalue weighted by Gasteiger charge is 2.31. The van der Waals surface area contributed by atoms with Crippen molar-refractivity contribution in [2.24, 2.45) is 0 Å². The number of hydrogen-bond donors (Lipinski definition) is 2. The van der Waals surface area contributed by atoms with Gasteiger partial charge in [-0.1, -0.05) is 29.8 Å². The second-order valence-electron chi connectivity index (χ2n) is 7.94. The highest BCUT2D eigenvalue weighted by atomic mass is 35.5. The van der Waals surface area contributed by atoms with Crippen LogP contribution in [0.5, 0.6) is 17.2 Å². The lowest BCUT2D eigenvalue weighted by Crippen LogP contribution is -2.43. The zero-order valence-corrected chi connectivity index (χ0v) is 18.9. The molecule has 1 aliphatic heterocycles. The molecule has 1 aliphatic rings. The minimum atomic E-state index is -1.19. The van der Waals surface area contributed by atoms with Crippen LogP contribution in [-0.2, 0) is 11.3 Å². The molecule has 0 saturated heterocycles. The van der Waals surface area contributed by atoms with Gasteiger partial charge in [-0.15, -0.1) is 0 Å². The first-order valence-corrected chi connectivity index (χ1v) is 10.7. The van der Waals surface area contributed by atoms with Crippen molar-refractivity contribution in [1.82, 2.24) is 5.32 Å². The van der Waals surface area contributed by atoms with Crippen molar-refractivity contribution in [3.05, 3.63) is 82.9 Å². The molecule has 0 spiro atoms. The van der Waals surface area contributed by atoms with Crippen LogP contribution in [0.15, 0.2) is 66.7 Å². The summed E-state index contributed by atoms with van der Waals surface area (Å²) in [5.41, 5.74) is 0.406. The van der Waals surface area contributed by atoms with E-state index in [0.717, 1.165) is 5.56 Å². The predicted octanol–water partition coefficient (Wildman–Crippen LogP) is 4.79. The van der Waals surface area contributed by atoms with Gasteiger partial charge in [0.25, 0.3) is 11.8 Å². The molecule has 0 unspecified atom stereocenters. The van der Waals surface area contributed by atoms with Gasteiger partial charge in [-0.05, 0) is 67.9 Å². The van der Waals surface area contributed by atoms with Gasteiger partial charge >= 0.3 is 0 Å². The minimum Gasteiger partial charge on any atom is -0.478 e. The van der Waals surface area contributed by atoms with Gasteiger partial charge in [0.05, 0.1) is 11.3 Å². The number of ether oxygens (including phenoxy) is 3. The molecule has 1 heterocycles. The molecule has 3 aromatic rings. The van der Waals surface area contributed by atoms with E-state index in [-0.39, 0.29) is 12.7 Å². The molecular weight excluding hydrogens is 444 g/mol. The maximum atomic E-state index is 12.9. The summed E-state index contributed by atoms with van der Waals surface area (Å²) in [6, 6.07) is 19.0. The van der Waals surface area contributed by atoms with Crippen LogP contribution >= 0.6 is 11.6 Å². The predicted molar refractivity (Wildman–Crippen MR) is 125 cm³/mol. The average molecular weight is 467 g/mol. The number of benzene rings is 3. The van der Waals surface area contributed by atoms with Gasteiger partial charge in [0.1, 0.15) is 5.75 Å². The van der Waals surface area contributed by atoms with Gasteiger partial charge < -0.3 is 24.8 Å². The molecule has 2 amide bonds. The lowest BCUT2D eigenvalue weighted by molar-refractivity contribution is -0.128. The highest BCUT2D eigenvalue weighted by Crippen LogP contribution is 2.32. The first-order chi connectivity index (χ1) is 15.8. The number of anilines is 1. The second-order valence-corrected chi connectivity index (χ2v) is 8.37. The van der Waals surface area contributed by atoms with Crippen LogP contribution in [0.3, 0.4) is 0 Å². The van der Waals surface area contributed by atoms with Crippen LogP contribution in [0, 0.1) is 0 Å². The van der Waals surface area contributed by atoms with Crippen molar-refractivity contribution in [1.29, 1.82) is 0 Å². The maximum Gasteiger partial charge on any atom is 0.267 e. The molecular formula is C25H23ClN2O5. The van der Waals surface area contributed by atoms with Crippen molar-refractivity contribution in [3.63, 3.8) is 0 Å². The number of halogens is 1. The van der Waals surface area contributed by atoms with Crippen LogP contribution in [0.4, 0.5) is 5.69 Å². The largest absolute Gasteiger partial charge is 0.478 e. The summed E-state index contributed by atoms with van der Waals surface area (Å²) in [5, 5.41) is 6.26. The third-order valence-electron chi connectivity index (χ3n) is 5.04. The number of amides is 2. The van der Waals surface area contributed by atoms with Crippen LogP contribution in [0.2, 0.25) is 5.02 Å². The molecule has 0 bridgehead atoms. The summed E-state index contributed by atoms with van der Waals surface area (Å²) < 4.78 is 16.5. The number of para-hydroxylation sites is 1. The van der Waals surface area contributed by atoms with Gasteiger partial charge in [0, 0.05) is 11.6 Å². The second kappa shape index (κ2) is 9.42. The van der Waals surface area contributed by atoms with Crippen LogP contribution < -0.4 is 24.8 Å². The molecule has 170 valence electrons. The number of nitrogens with one attached hydrogen (secondary N) is 2. The Morgan fingerprint density at radius 3 is 2.52 bits per heavy atom. The molecule has 4 rings (SSSR count). The van der Waals surface area contributed by atoms with E-state index >= 15 is 0 Å². The number of carbonyl (C=O) groups excluding carboxylic acids is 2. The lowest BCUT2D eigenvalue weighted by Gasteiger charge is -2.26. The van der Waals surface area contributed by atoms with Crippen molar-refractivity contribution in [3.8, 4) is 17.2 Å². The molecule has 3 aromatic carbocycles. The first kappa shape index (κ1) is 22.5. The Morgan fingerprint density at radius 1 is 1.00 bits per heavy atom. The number of rotatable bonds is 7.